The van der Waals surface area contributed by atoms with Gasteiger partial charge in [0.15, 0.2) is 0 Å². The molecule has 0 bridgehead atoms. The molecule has 0 saturated heterocycles. The van der Waals surface area contributed by atoms with Crippen molar-refractivity contribution >= 4 is 11.8 Å². The second-order valence-corrected chi connectivity index (χ2v) is 8.10. The molecule has 1 nitrogen and oxygen atoms in total. The predicted molar refractivity (Wildman–Crippen MR) is 88.4 cm³/mol. The minimum absolute atomic E-state index is 0.738. The van der Waals surface area contributed by atoms with Crippen molar-refractivity contribution in [1.82, 2.24) is 5.32 Å². The Labute approximate surface area is 127 Å². The van der Waals surface area contributed by atoms with E-state index < -0.39 is 0 Å². The van der Waals surface area contributed by atoms with Crippen LogP contribution >= 0.6 is 11.8 Å². The van der Waals surface area contributed by atoms with Crippen molar-refractivity contribution < 1.29 is 0 Å². The van der Waals surface area contributed by atoms with Crippen molar-refractivity contribution in [3.63, 3.8) is 0 Å². The highest BCUT2D eigenvalue weighted by molar-refractivity contribution is 8.00. The fraction of sp³-hybridized carbons (Fsp3) is 0.667. The molecule has 1 heterocycles. The highest BCUT2D eigenvalue weighted by Crippen LogP contribution is 2.37. The summed E-state index contributed by atoms with van der Waals surface area (Å²) < 4.78 is 0. The minimum Gasteiger partial charge on any atom is -0.313 e. The molecule has 0 aromatic heterocycles. The van der Waals surface area contributed by atoms with Crippen molar-refractivity contribution in [3.8, 4) is 0 Å². The van der Waals surface area contributed by atoms with E-state index in [0.29, 0.717) is 0 Å². The Bertz CT molecular complexity index is 418. The fourth-order valence-electron chi connectivity index (χ4n) is 3.86. The molecule has 1 aliphatic carbocycles. The molecule has 0 radical (unpaired) electrons. The summed E-state index contributed by atoms with van der Waals surface area (Å²) in [6, 6.07) is 9.66. The molecule has 1 aromatic carbocycles. The maximum absolute atomic E-state index is 3.91. The number of rotatable bonds is 4. The lowest BCUT2D eigenvalue weighted by atomic mass is 9.78. The number of thioether (sulfide) groups is 1. The zero-order valence-electron chi connectivity index (χ0n) is 12.8. The third-order valence-electron chi connectivity index (χ3n) is 5.00. The van der Waals surface area contributed by atoms with Gasteiger partial charge in [-0.15, -0.1) is 11.8 Å². The Morgan fingerprint density at radius 3 is 2.80 bits per heavy atom. The van der Waals surface area contributed by atoms with Crippen LogP contribution < -0.4 is 5.32 Å². The highest BCUT2D eigenvalue weighted by atomic mass is 32.2. The normalized spacial score (nSPS) is 29.6. The number of fused-ring (bicyclic) bond motifs is 1. The standard InChI is InChI=1S/C18H27NS/c1-13(2)16-8-4-5-9-17(16)19-12-15-11-14-7-3-6-10-18(14)20-15/h3,6-7,10,13,15-17,19H,4-5,8-9,11-12H2,1-2H3. The number of hydrogen-bond acceptors (Lipinski definition) is 2. The van der Waals surface area contributed by atoms with E-state index in [2.05, 4.69) is 55.2 Å². The first kappa shape index (κ1) is 14.5. The number of nitrogens with one attached hydrogen (secondary N) is 1. The lowest BCUT2D eigenvalue weighted by Crippen LogP contribution is -2.43. The molecular weight excluding hydrogens is 262 g/mol. The Morgan fingerprint density at radius 2 is 2.00 bits per heavy atom. The number of benzene rings is 1. The summed E-state index contributed by atoms with van der Waals surface area (Å²) in [5.41, 5.74) is 1.55. The molecule has 0 amide bonds. The lowest BCUT2D eigenvalue weighted by Gasteiger charge is -2.35. The lowest BCUT2D eigenvalue weighted by molar-refractivity contribution is 0.206. The Balaban J connectivity index is 1.53. The van der Waals surface area contributed by atoms with E-state index in [1.54, 1.807) is 5.56 Å². The van der Waals surface area contributed by atoms with Gasteiger partial charge in [-0.25, -0.2) is 0 Å². The van der Waals surface area contributed by atoms with Gasteiger partial charge in [0.2, 0.25) is 0 Å². The number of hydrogen-bond donors (Lipinski definition) is 1. The van der Waals surface area contributed by atoms with Crippen LogP contribution in [0.25, 0.3) is 0 Å². The molecule has 1 fully saturated rings. The zero-order chi connectivity index (χ0) is 13.9. The summed E-state index contributed by atoms with van der Waals surface area (Å²) in [5.74, 6) is 1.71. The van der Waals surface area contributed by atoms with Gasteiger partial charge in [-0.2, -0.15) is 0 Å². The van der Waals surface area contributed by atoms with Gasteiger partial charge in [-0.05, 0) is 42.7 Å². The maximum Gasteiger partial charge on any atom is 0.0260 e. The van der Waals surface area contributed by atoms with Gasteiger partial charge in [-0.3, -0.25) is 0 Å². The van der Waals surface area contributed by atoms with Gasteiger partial charge in [0.05, 0.1) is 0 Å². The van der Waals surface area contributed by atoms with E-state index in [-0.39, 0.29) is 0 Å². The Hall–Kier alpha value is -0.470. The quantitative estimate of drug-likeness (QED) is 0.875. The predicted octanol–water partition coefficient (Wildman–Crippen LogP) is 4.51. The molecule has 3 unspecified atom stereocenters. The average molecular weight is 289 g/mol. The molecule has 3 rings (SSSR count). The van der Waals surface area contributed by atoms with Crippen LogP contribution in [0.5, 0.6) is 0 Å². The van der Waals surface area contributed by atoms with Gasteiger partial charge >= 0.3 is 0 Å². The van der Waals surface area contributed by atoms with Crippen molar-refractivity contribution in [2.45, 2.75) is 62.1 Å². The summed E-state index contributed by atoms with van der Waals surface area (Å²) in [7, 11) is 0. The largest absolute Gasteiger partial charge is 0.313 e. The van der Waals surface area contributed by atoms with E-state index in [1.807, 2.05) is 0 Å². The van der Waals surface area contributed by atoms with Crippen LogP contribution in [0.2, 0.25) is 0 Å². The van der Waals surface area contributed by atoms with Gasteiger partial charge in [-0.1, -0.05) is 44.9 Å². The van der Waals surface area contributed by atoms with Crippen molar-refractivity contribution in [1.29, 1.82) is 0 Å². The van der Waals surface area contributed by atoms with Gasteiger partial charge < -0.3 is 5.32 Å². The van der Waals surface area contributed by atoms with Crippen molar-refractivity contribution in [3.05, 3.63) is 29.8 Å². The molecule has 2 aliphatic rings. The molecular formula is C18H27NS. The Morgan fingerprint density at radius 1 is 1.20 bits per heavy atom. The SMILES string of the molecule is CC(C)C1CCCCC1NCC1Cc2ccccc2S1. The van der Waals surface area contributed by atoms with Gasteiger partial charge in [0.25, 0.3) is 0 Å². The van der Waals surface area contributed by atoms with Gasteiger partial charge in [0, 0.05) is 22.7 Å². The van der Waals surface area contributed by atoms with E-state index in [4.69, 9.17) is 0 Å². The first-order valence-electron chi connectivity index (χ1n) is 8.22. The molecule has 2 heteroatoms. The smallest absolute Gasteiger partial charge is 0.0260 e. The van der Waals surface area contributed by atoms with Crippen LogP contribution in [0.4, 0.5) is 0 Å². The van der Waals surface area contributed by atoms with E-state index >= 15 is 0 Å². The van der Waals surface area contributed by atoms with Crippen LogP contribution in [-0.2, 0) is 6.42 Å². The Kier molecular flexibility index (Phi) is 4.72. The van der Waals surface area contributed by atoms with Crippen LogP contribution in [0.1, 0.15) is 45.1 Å². The van der Waals surface area contributed by atoms with Gasteiger partial charge in [0.1, 0.15) is 0 Å². The van der Waals surface area contributed by atoms with Crippen LogP contribution in [0.15, 0.2) is 29.2 Å². The summed E-state index contributed by atoms with van der Waals surface area (Å²) >= 11 is 2.07. The molecule has 3 atom stereocenters. The summed E-state index contributed by atoms with van der Waals surface area (Å²) in [6.45, 7) is 5.96. The zero-order valence-corrected chi connectivity index (χ0v) is 13.6. The molecule has 1 saturated carbocycles. The van der Waals surface area contributed by atoms with Crippen molar-refractivity contribution in [2.24, 2.45) is 11.8 Å². The van der Waals surface area contributed by atoms with E-state index in [1.165, 1.54) is 43.5 Å². The minimum atomic E-state index is 0.738. The van der Waals surface area contributed by atoms with E-state index in [9.17, 15) is 0 Å². The molecule has 1 aliphatic heterocycles. The average Bonchev–Trinajstić information content (AvgIpc) is 2.88. The molecule has 110 valence electrons. The third-order valence-corrected chi connectivity index (χ3v) is 6.32. The summed E-state index contributed by atoms with van der Waals surface area (Å²) in [6.07, 6.45) is 6.90. The molecule has 20 heavy (non-hydrogen) atoms. The maximum atomic E-state index is 3.91. The first-order valence-corrected chi connectivity index (χ1v) is 9.10. The molecule has 0 spiro atoms. The van der Waals surface area contributed by atoms with E-state index in [0.717, 1.165) is 23.1 Å². The second kappa shape index (κ2) is 6.53. The molecule has 1 aromatic rings. The van der Waals surface area contributed by atoms with Crippen LogP contribution in [0.3, 0.4) is 0 Å². The highest BCUT2D eigenvalue weighted by Gasteiger charge is 2.29. The summed E-state index contributed by atoms with van der Waals surface area (Å²) in [4.78, 5) is 1.50. The summed E-state index contributed by atoms with van der Waals surface area (Å²) in [5, 5.41) is 4.65. The van der Waals surface area contributed by atoms with Crippen molar-refractivity contribution in [2.75, 3.05) is 6.54 Å². The topological polar surface area (TPSA) is 12.0 Å². The monoisotopic (exact) mass is 289 g/mol. The second-order valence-electron chi connectivity index (χ2n) is 6.76. The fourth-order valence-corrected chi connectivity index (χ4v) is 5.12. The van der Waals surface area contributed by atoms with Crippen LogP contribution in [0, 0.1) is 11.8 Å². The third kappa shape index (κ3) is 3.23. The van der Waals surface area contributed by atoms with Crippen LogP contribution in [-0.4, -0.2) is 17.8 Å². The first-order chi connectivity index (χ1) is 9.74. The molecule has 1 N–H and O–H groups in total.